The van der Waals surface area contributed by atoms with Crippen LogP contribution in [0.15, 0.2) is 18.2 Å². The summed E-state index contributed by atoms with van der Waals surface area (Å²) in [4.78, 5) is 0. The van der Waals surface area contributed by atoms with Crippen LogP contribution in [0.3, 0.4) is 0 Å². The van der Waals surface area contributed by atoms with Crippen LogP contribution in [0.25, 0.3) is 6.08 Å². The first-order valence-corrected chi connectivity index (χ1v) is 4.69. The maximum Gasteiger partial charge on any atom is 0.231 e. The fourth-order valence-electron chi connectivity index (χ4n) is 1.45. The summed E-state index contributed by atoms with van der Waals surface area (Å²) in [6.07, 6.45) is 3.79. The predicted molar refractivity (Wildman–Crippen MR) is 57.2 cm³/mol. The number of hydrogen-bond donors (Lipinski definition) is 1. The molecule has 0 spiro atoms. The van der Waals surface area contributed by atoms with Crippen LogP contribution in [0.1, 0.15) is 5.56 Å². The van der Waals surface area contributed by atoms with Gasteiger partial charge in [-0.15, -0.1) is 0 Å². The Morgan fingerprint density at radius 1 is 1.47 bits per heavy atom. The largest absolute Gasteiger partial charge is 0.493 e. The molecule has 0 amide bonds. The number of methoxy groups -OCH3 is 1. The number of hydrogen-bond acceptors (Lipinski definition) is 4. The second-order valence-electron chi connectivity index (χ2n) is 3.10. The summed E-state index contributed by atoms with van der Waals surface area (Å²) >= 11 is 0. The molecule has 0 saturated carbocycles. The molecule has 1 aliphatic rings. The minimum absolute atomic E-state index is 0.246. The van der Waals surface area contributed by atoms with Gasteiger partial charge in [-0.3, -0.25) is 0 Å². The molecule has 1 heterocycles. The molecule has 2 rings (SSSR count). The Morgan fingerprint density at radius 2 is 2.33 bits per heavy atom. The van der Waals surface area contributed by atoms with E-state index in [1.807, 2.05) is 24.3 Å². The summed E-state index contributed by atoms with van der Waals surface area (Å²) in [6, 6.07) is 3.79. The van der Waals surface area contributed by atoms with Gasteiger partial charge in [0.2, 0.25) is 12.5 Å². The SMILES string of the molecule is COc1cc(/C=C/CN)cc2c1OCO2. The highest BCUT2D eigenvalue weighted by atomic mass is 16.7. The smallest absolute Gasteiger partial charge is 0.231 e. The second kappa shape index (κ2) is 4.23. The van der Waals surface area contributed by atoms with Crippen LogP contribution < -0.4 is 19.9 Å². The van der Waals surface area contributed by atoms with E-state index in [0.29, 0.717) is 23.8 Å². The minimum Gasteiger partial charge on any atom is -0.493 e. The van der Waals surface area contributed by atoms with Crippen LogP contribution >= 0.6 is 0 Å². The van der Waals surface area contributed by atoms with Crippen molar-refractivity contribution in [3.05, 3.63) is 23.8 Å². The van der Waals surface area contributed by atoms with Crippen molar-refractivity contribution in [3.8, 4) is 17.2 Å². The molecule has 4 heteroatoms. The second-order valence-corrected chi connectivity index (χ2v) is 3.10. The third-order valence-corrected chi connectivity index (χ3v) is 2.13. The molecule has 1 aliphatic heterocycles. The number of nitrogens with two attached hydrogens (primary N) is 1. The molecule has 0 bridgehead atoms. The Morgan fingerprint density at radius 3 is 3.07 bits per heavy atom. The van der Waals surface area contributed by atoms with Crippen LogP contribution in [0.5, 0.6) is 17.2 Å². The van der Waals surface area contributed by atoms with E-state index in [1.54, 1.807) is 7.11 Å². The lowest BCUT2D eigenvalue weighted by molar-refractivity contribution is 0.171. The molecule has 1 aromatic rings. The van der Waals surface area contributed by atoms with Crippen molar-refractivity contribution in [2.45, 2.75) is 0 Å². The molecule has 0 radical (unpaired) electrons. The molecule has 0 unspecified atom stereocenters. The Labute approximate surface area is 88.2 Å². The van der Waals surface area contributed by atoms with Crippen molar-refractivity contribution in [2.75, 3.05) is 20.4 Å². The Bertz CT molecular complexity index is 388. The van der Waals surface area contributed by atoms with E-state index in [2.05, 4.69) is 0 Å². The molecule has 2 N–H and O–H groups in total. The monoisotopic (exact) mass is 207 g/mol. The van der Waals surface area contributed by atoms with Crippen molar-refractivity contribution in [1.82, 2.24) is 0 Å². The van der Waals surface area contributed by atoms with Gasteiger partial charge in [0, 0.05) is 6.54 Å². The van der Waals surface area contributed by atoms with Gasteiger partial charge in [-0.1, -0.05) is 12.2 Å². The van der Waals surface area contributed by atoms with Gasteiger partial charge in [-0.25, -0.2) is 0 Å². The maximum absolute atomic E-state index is 5.39. The van der Waals surface area contributed by atoms with Gasteiger partial charge in [0.05, 0.1) is 7.11 Å². The molecule has 0 aromatic heterocycles. The average Bonchev–Trinajstić information content (AvgIpc) is 2.73. The van der Waals surface area contributed by atoms with Gasteiger partial charge in [0.25, 0.3) is 0 Å². The number of benzene rings is 1. The first kappa shape index (κ1) is 9.86. The lowest BCUT2D eigenvalue weighted by Gasteiger charge is -2.05. The lowest BCUT2D eigenvalue weighted by atomic mass is 10.1. The molecular weight excluding hydrogens is 194 g/mol. The Hall–Kier alpha value is -1.68. The van der Waals surface area contributed by atoms with E-state index in [-0.39, 0.29) is 6.79 Å². The number of ether oxygens (including phenoxy) is 3. The number of fused-ring (bicyclic) bond motifs is 1. The molecule has 15 heavy (non-hydrogen) atoms. The molecule has 1 aromatic carbocycles. The third kappa shape index (κ3) is 1.89. The van der Waals surface area contributed by atoms with Gasteiger partial charge in [0.1, 0.15) is 0 Å². The van der Waals surface area contributed by atoms with Gasteiger partial charge in [-0.05, 0) is 17.7 Å². The van der Waals surface area contributed by atoms with Crippen molar-refractivity contribution in [1.29, 1.82) is 0 Å². The van der Waals surface area contributed by atoms with Crippen LogP contribution in [0, 0.1) is 0 Å². The van der Waals surface area contributed by atoms with E-state index < -0.39 is 0 Å². The van der Waals surface area contributed by atoms with E-state index in [1.165, 1.54) is 0 Å². The van der Waals surface area contributed by atoms with Gasteiger partial charge >= 0.3 is 0 Å². The van der Waals surface area contributed by atoms with Gasteiger partial charge in [-0.2, -0.15) is 0 Å². The zero-order valence-corrected chi connectivity index (χ0v) is 8.53. The zero-order valence-electron chi connectivity index (χ0n) is 8.53. The maximum atomic E-state index is 5.39. The highest BCUT2D eigenvalue weighted by Gasteiger charge is 2.19. The fourth-order valence-corrected chi connectivity index (χ4v) is 1.45. The Kier molecular flexibility index (Phi) is 2.78. The van der Waals surface area contributed by atoms with E-state index in [9.17, 15) is 0 Å². The molecular formula is C11H13NO3. The molecule has 0 fully saturated rings. The van der Waals surface area contributed by atoms with E-state index in [4.69, 9.17) is 19.9 Å². The van der Waals surface area contributed by atoms with Gasteiger partial charge < -0.3 is 19.9 Å². The molecule has 0 aliphatic carbocycles. The first-order chi connectivity index (χ1) is 7.35. The predicted octanol–water partition coefficient (Wildman–Crippen LogP) is 1.40. The summed E-state index contributed by atoms with van der Waals surface area (Å²) in [5, 5.41) is 0. The summed E-state index contributed by atoms with van der Waals surface area (Å²) in [7, 11) is 1.60. The normalized spacial score (nSPS) is 13.5. The summed E-state index contributed by atoms with van der Waals surface area (Å²) < 4.78 is 15.8. The molecule has 80 valence electrons. The van der Waals surface area contributed by atoms with Crippen molar-refractivity contribution in [3.63, 3.8) is 0 Å². The molecule has 0 atom stereocenters. The minimum atomic E-state index is 0.246. The number of rotatable bonds is 3. The van der Waals surface area contributed by atoms with Crippen molar-refractivity contribution < 1.29 is 14.2 Å². The van der Waals surface area contributed by atoms with Crippen LogP contribution in [0.2, 0.25) is 0 Å². The van der Waals surface area contributed by atoms with Crippen LogP contribution in [-0.4, -0.2) is 20.4 Å². The van der Waals surface area contributed by atoms with E-state index >= 15 is 0 Å². The summed E-state index contributed by atoms with van der Waals surface area (Å²) in [6.45, 7) is 0.756. The summed E-state index contributed by atoms with van der Waals surface area (Å²) in [5.74, 6) is 2.06. The third-order valence-electron chi connectivity index (χ3n) is 2.13. The fraction of sp³-hybridized carbons (Fsp3) is 0.273. The average molecular weight is 207 g/mol. The lowest BCUT2D eigenvalue weighted by Crippen LogP contribution is -1.93. The van der Waals surface area contributed by atoms with Crippen molar-refractivity contribution in [2.24, 2.45) is 5.73 Å². The van der Waals surface area contributed by atoms with Crippen LogP contribution in [0.4, 0.5) is 0 Å². The van der Waals surface area contributed by atoms with E-state index in [0.717, 1.165) is 5.56 Å². The summed E-state index contributed by atoms with van der Waals surface area (Å²) in [5.41, 5.74) is 6.37. The van der Waals surface area contributed by atoms with Crippen molar-refractivity contribution >= 4 is 6.08 Å². The highest BCUT2D eigenvalue weighted by Crippen LogP contribution is 2.41. The molecule has 4 nitrogen and oxygen atoms in total. The van der Waals surface area contributed by atoms with Gasteiger partial charge in [0.15, 0.2) is 11.5 Å². The highest BCUT2D eigenvalue weighted by molar-refractivity contribution is 5.62. The topological polar surface area (TPSA) is 53.7 Å². The quantitative estimate of drug-likeness (QED) is 0.813. The Balaban J connectivity index is 2.39. The van der Waals surface area contributed by atoms with Crippen LogP contribution in [-0.2, 0) is 0 Å². The first-order valence-electron chi connectivity index (χ1n) is 4.69. The molecule has 0 saturated heterocycles. The standard InChI is InChI=1S/C11H13NO3/c1-13-9-5-8(3-2-4-12)6-10-11(9)15-7-14-10/h2-3,5-6H,4,7,12H2,1H3/b3-2+. The zero-order chi connectivity index (χ0) is 10.7.